The van der Waals surface area contributed by atoms with Crippen molar-refractivity contribution in [1.29, 1.82) is 0 Å². The van der Waals surface area contributed by atoms with Gasteiger partial charge in [-0.2, -0.15) is 0 Å². The first-order chi connectivity index (χ1) is 26.8. The molecule has 0 radical (unpaired) electrons. The molecule has 0 spiro atoms. The summed E-state index contributed by atoms with van der Waals surface area (Å²) in [6, 6.07) is 36.4. The van der Waals surface area contributed by atoms with Gasteiger partial charge in [0.05, 0.1) is 28.3 Å². The summed E-state index contributed by atoms with van der Waals surface area (Å²) in [7, 11) is 0. The molecule has 0 bridgehead atoms. The van der Waals surface area contributed by atoms with Gasteiger partial charge in [-0.15, -0.1) is 0 Å². The van der Waals surface area contributed by atoms with E-state index in [9.17, 15) is 0 Å². The van der Waals surface area contributed by atoms with Crippen LogP contribution in [0, 0.1) is 0 Å². The zero-order chi connectivity index (χ0) is 35.8. The fourth-order valence-corrected chi connectivity index (χ4v) is 7.09. The highest BCUT2D eigenvalue weighted by Crippen LogP contribution is 2.46. The highest BCUT2D eigenvalue weighted by molar-refractivity contribution is 6.26. The van der Waals surface area contributed by atoms with Crippen molar-refractivity contribution in [2.75, 3.05) is 0 Å². The minimum absolute atomic E-state index is 0.594. The highest BCUT2D eigenvalue weighted by atomic mass is 14.9. The molecule has 0 atom stereocenters. The van der Waals surface area contributed by atoms with E-state index in [1.807, 2.05) is 66.9 Å². The monoisotopic (exact) mass is 693 g/mol. The number of rotatable bonds is 6. The van der Waals surface area contributed by atoms with Crippen LogP contribution < -0.4 is 0 Å². The van der Waals surface area contributed by atoms with Crippen LogP contribution in [0.25, 0.3) is 100 Å². The van der Waals surface area contributed by atoms with E-state index in [-0.39, 0.29) is 0 Å². The first-order valence-corrected chi connectivity index (χ1v) is 17.4. The van der Waals surface area contributed by atoms with Gasteiger partial charge in [0.15, 0.2) is 11.6 Å². The van der Waals surface area contributed by atoms with Crippen LogP contribution in [0.3, 0.4) is 0 Å². The maximum absolute atomic E-state index is 5.30. The van der Waals surface area contributed by atoms with E-state index < -0.39 is 0 Å². The van der Waals surface area contributed by atoms with Gasteiger partial charge in [-0.3, -0.25) is 24.9 Å². The van der Waals surface area contributed by atoms with Crippen molar-refractivity contribution in [2.24, 2.45) is 0 Å². The predicted octanol–water partition coefficient (Wildman–Crippen LogP) is 9.70. The van der Waals surface area contributed by atoms with Gasteiger partial charge in [0.25, 0.3) is 0 Å². The minimum atomic E-state index is 0.594. The summed E-state index contributed by atoms with van der Waals surface area (Å²) in [5.74, 6) is 1.19. The zero-order valence-electron chi connectivity index (χ0n) is 28.6. The molecule has 0 aliphatic heterocycles. The van der Waals surface area contributed by atoms with Crippen LogP contribution in [0.15, 0.2) is 165 Å². The third kappa shape index (κ3) is 5.48. The molecular formula is C45H27N9. The first kappa shape index (κ1) is 31.1. The summed E-state index contributed by atoms with van der Waals surface area (Å²) < 4.78 is 0. The highest BCUT2D eigenvalue weighted by Gasteiger charge is 2.23. The second-order valence-electron chi connectivity index (χ2n) is 12.7. The van der Waals surface area contributed by atoms with E-state index in [0.717, 1.165) is 88.6 Å². The molecule has 252 valence electrons. The van der Waals surface area contributed by atoms with Crippen molar-refractivity contribution in [1.82, 2.24) is 44.9 Å². The number of aromatic nitrogens is 9. The Kier molecular flexibility index (Phi) is 7.58. The van der Waals surface area contributed by atoms with Crippen molar-refractivity contribution >= 4 is 32.4 Å². The molecule has 7 aromatic heterocycles. The summed E-state index contributed by atoms with van der Waals surface area (Å²) in [6.07, 6.45) is 16.1. The second kappa shape index (κ2) is 13.2. The van der Waals surface area contributed by atoms with Crippen LogP contribution in [-0.2, 0) is 0 Å². The molecule has 0 saturated heterocycles. The number of hydrogen-bond donors (Lipinski definition) is 0. The lowest BCUT2D eigenvalue weighted by atomic mass is 9.87. The Bertz CT molecular complexity index is 2860. The maximum Gasteiger partial charge on any atom is 0.160 e. The van der Waals surface area contributed by atoms with Crippen molar-refractivity contribution in [3.63, 3.8) is 0 Å². The minimum Gasteiger partial charge on any atom is -0.265 e. The summed E-state index contributed by atoms with van der Waals surface area (Å²) in [6.45, 7) is 0. The van der Waals surface area contributed by atoms with Crippen LogP contribution in [0.2, 0.25) is 0 Å². The Balaban J connectivity index is 1.34. The van der Waals surface area contributed by atoms with E-state index in [2.05, 4.69) is 68.5 Å². The Morgan fingerprint density at radius 2 is 0.741 bits per heavy atom. The van der Waals surface area contributed by atoms with Gasteiger partial charge in [0.1, 0.15) is 0 Å². The average molecular weight is 694 g/mol. The van der Waals surface area contributed by atoms with E-state index >= 15 is 0 Å². The molecule has 7 heterocycles. The Hall–Kier alpha value is -7.65. The van der Waals surface area contributed by atoms with Crippen molar-refractivity contribution in [3.8, 4) is 67.8 Å². The number of fused-ring (bicyclic) bond motifs is 4. The molecule has 0 N–H and O–H groups in total. The van der Waals surface area contributed by atoms with Gasteiger partial charge in [-0.25, -0.2) is 19.9 Å². The number of pyridine rings is 5. The van der Waals surface area contributed by atoms with Gasteiger partial charge in [-0.1, -0.05) is 42.5 Å². The van der Waals surface area contributed by atoms with Crippen molar-refractivity contribution in [3.05, 3.63) is 165 Å². The van der Waals surface area contributed by atoms with Crippen molar-refractivity contribution in [2.45, 2.75) is 0 Å². The lowest BCUT2D eigenvalue weighted by Gasteiger charge is -2.19. The number of nitrogens with zero attached hydrogens (tertiary/aromatic N) is 9. The zero-order valence-corrected chi connectivity index (χ0v) is 28.6. The summed E-state index contributed by atoms with van der Waals surface area (Å²) >= 11 is 0. The Morgan fingerprint density at radius 1 is 0.333 bits per heavy atom. The van der Waals surface area contributed by atoms with E-state index in [1.54, 1.807) is 49.6 Å². The van der Waals surface area contributed by atoms with Crippen LogP contribution in [-0.4, -0.2) is 44.9 Å². The van der Waals surface area contributed by atoms with Gasteiger partial charge < -0.3 is 0 Å². The summed E-state index contributed by atoms with van der Waals surface area (Å²) in [5, 5.41) is 4.99. The smallest absolute Gasteiger partial charge is 0.160 e. The molecule has 0 aliphatic rings. The lowest BCUT2D eigenvalue weighted by Crippen LogP contribution is -2.00. The normalized spacial score (nSPS) is 11.3. The van der Waals surface area contributed by atoms with Gasteiger partial charge >= 0.3 is 0 Å². The number of hydrogen-bond acceptors (Lipinski definition) is 9. The number of benzene rings is 3. The summed E-state index contributed by atoms with van der Waals surface area (Å²) in [5.41, 5.74) is 9.54. The van der Waals surface area contributed by atoms with Gasteiger partial charge in [-0.05, 0) is 77.5 Å². The van der Waals surface area contributed by atoms with Crippen LogP contribution in [0.1, 0.15) is 0 Å². The molecule has 0 unspecified atom stereocenters. The van der Waals surface area contributed by atoms with Crippen LogP contribution in [0.4, 0.5) is 0 Å². The average Bonchev–Trinajstić information content (AvgIpc) is 3.26. The van der Waals surface area contributed by atoms with Crippen molar-refractivity contribution < 1.29 is 0 Å². The Labute approximate surface area is 309 Å². The molecule has 54 heavy (non-hydrogen) atoms. The van der Waals surface area contributed by atoms with Gasteiger partial charge in [0, 0.05) is 105 Å². The fraction of sp³-hybridized carbons (Fsp3) is 0. The van der Waals surface area contributed by atoms with E-state index in [1.165, 1.54) is 0 Å². The third-order valence-corrected chi connectivity index (χ3v) is 9.55. The van der Waals surface area contributed by atoms with E-state index in [4.69, 9.17) is 24.9 Å². The van der Waals surface area contributed by atoms with E-state index in [0.29, 0.717) is 11.6 Å². The molecule has 0 fully saturated rings. The standard InChI is InChI=1S/C45H27N9/c1-2-6-33-32(5-1)41(39-25-37(28-9-17-46-18-10-28)51-44(53-39)30-13-21-48-22-14-30)35-27-50-36-8-4-3-7-34(36)42(35)43(33)40-26-38(29-11-19-47-20-12-29)52-45(54-40)31-15-23-49-24-16-31/h1-27H. The second-order valence-corrected chi connectivity index (χ2v) is 12.7. The topological polar surface area (TPSA) is 116 Å². The molecular weight excluding hydrogens is 667 g/mol. The quantitative estimate of drug-likeness (QED) is 0.124. The summed E-state index contributed by atoms with van der Waals surface area (Å²) in [4.78, 5) is 42.7. The predicted molar refractivity (Wildman–Crippen MR) is 212 cm³/mol. The third-order valence-electron chi connectivity index (χ3n) is 9.55. The Morgan fingerprint density at radius 3 is 1.26 bits per heavy atom. The SMILES string of the molecule is c1ccc2c(c1)ncc1c(-c3cc(-c4ccncc4)nc(-c4ccncc4)n3)c3ccccc3c(-c3cc(-c4ccncc4)nc(-c4ccncc4)n3)c12. The molecule has 0 amide bonds. The molecule has 0 aliphatic carbocycles. The number of para-hydroxylation sites is 1. The molecule has 10 aromatic rings. The van der Waals surface area contributed by atoms with Crippen LogP contribution >= 0.6 is 0 Å². The van der Waals surface area contributed by atoms with Gasteiger partial charge in [0.2, 0.25) is 0 Å². The maximum atomic E-state index is 5.30. The molecule has 0 saturated carbocycles. The van der Waals surface area contributed by atoms with Crippen LogP contribution in [0.5, 0.6) is 0 Å². The molecule has 9 heteroatoms. The fourth-order valence-electron chi connectivity index (χ4n) is 7.09. The molecule has 10 rings (SSSR count). The first-order valence-electron chi connectivity index (χ1n) is 17.4. The lowest BCUT2D eigenvalue weighted by molar-refractivity contribution is 1.17. The molecule has 3 aromatic carbocycles. The largest absolute Gasteiger partial charge is 0.265 e. The molecule has 9 nitrogen and oxygen atoms in total.